The van der Waals surface area contributed by atoms with E-state index in [9.17, 15) is 4.79 Å². The summed E-state index contributed by atoms with van der Waals surface area (Å²) in [5.41, 5.74) is 1.11. The van der Waals surface area contributed by atoms with Crippen LogP contribution in [-0.2, 0) is 4.79 Å². The lowest BCUT2D eigenvalue weighted by atomic mass is 10.2. The number of benzene rings is 1. The average molecular weight is 503 g/mol. The molecular formula is C20H34IN5O2. The second-order valence-electron chi connectivity index (χ2n) is 7.15. The van der Waals surface area contributed by atoms with Gasteiger partial charge in [-0.1, -0.05) is 19.1 Å². The van der Waals surface area contributed by atoms with Crippen molar-refractivity contribution in [1.82, 2.24) is 15.5 Å². The summed E-state index contributed by atoms with van der Waals surface area (Å²) >= 11 is 0. The number of amides is 1. The van der Waals surface area contributed by atoms with Crippen molar-refractivity contribution in [3.63, 3.8) is 0 Å². The number of hydrogen-bond donors (Lipinski definition) is 2. The Balaban J connectivity index is 0.00000392. The first-order valence-corrected chi connectivity index (χ1v) is 9.60. The van der Waals surface area contributed by atoms with Crippen LogP contribution in [0.15, 0.2) is 29.3 Å². The zero-order valence-electron chi connectivity index (χ0n) is 17.6. The van der Waals surface area contributed by atoms with Crippen LogP contribution in [0.2, 0.25) is 0 Å². The molecule has 1 aliphatic heterocycles. The molecule has 2 unspecified atom stereocenters. The summed E-state index contributed by atoms with van der Waals surface area (Å²) < 4.78 is 5.49. The number of guanidine groups is 1. The summed E-state index contributed by atoms with van der Waals surface area (Å²) in [6, 6.07) is 8.64. The van der Waals surface area contributed by atoms with E-state index < -0.39 is 0 Å². The highest BCUT2D eigenvalue weighted by atomic mass is 127. The van der Waals surface area contributed by atoms with Crippen molar-refractivity contribution in [2.75, 3.05) is 45.7 Å². The smallest absolute Gasteiger partial charge is 0.243 e. The van der Waals surface area contributed by atoms with Crippen molar-refractivity contribution in [2.24, 2.45) is 4.99 Å². The SMILES string of the molecule is CCC(C)NC(=NCC(=O)N(C)C)NC1CCN(c2ccccc2OC)C1.I. The largest absolute Gasteiger partial charge is 0.495 e. The minimum absolute atomic E-state index is 0. The summed E-state index contributed by atoms with van der Waals surface area (Å²) in [7, 11) is 5.19. The first-order valence-electron chi connectivity index (χ1n) is 9.60. The molecule has 2 rings (SSSR count). The fraction of sp³-hybridized carbons (Fsp3) is 0.600. The molecule has 8 heteroatoms. The Labute approximate surface area is 185 Å². The van der Waals surface area contributed by atoms with E-state index in [1.165, 1.54) is 0 Å². The average Bonchev–Trinajstić information content (AvgIpc) is 3.13. The molecule has 1 aliphatic rings. The van der Waals surface area contributed by atoms with Gasteiger partial charge in [-0.2, -0.15) is 0 Å². The molecule has 0 radical (unpaired) electrons. The van der Waals surface area contributed by atoms with Gasteiger partial charge in [-0.3, -0.25) is 4.79 Å². The molecule has 0 aliphatic carbocycles. The van der Waals surface area contributed by atoms with Crippen LogP contribution >= 0.6 is 24.0 Å². The summed E-state index contributed by atoms with van der Waals surface area (Å²) in [5.74, 6) is 1.58. The maximum Gasteiger partial charge on any atom is 0.243 e. The zero-order valence-corrected chi connectivity index (χ0v) is 19.9. The molecule has 158 valence electrons. The predicted molar refractivity (Wildman–Crippen MR) is 126 cm³/mol. The van der Waals surface area contributed by atoms with Crippen LogP contribution in [0, 0.1) is 0 Å². The molecular weight excluding hydrogens is 469 g/mol. The highest BCUT2D eigenvalue weighted by Crippen LogP contribution is 2.30. The lowest BCUT2D eigenvalue weighted by Crippen LogP contribution is -2.48. The zero-order chi connectivity index (χ0) is 19.8. The topological polar surface area (TPSA) is 69.2 Å². The Hall–Kier alpha value is -1.71. The molecule has 0 saturated carbocycles. The Morgan fingerprint density at radius 1 is 1.39 bits per heavy atom. The Morgan fingerprint density at radius 3 is 2.75 bits per heavy atom. The number of anilines is 1. The third-order valence-corrected chi connectivity index (χ3v) is 4.82. The van der Waals surface area contributed by atoms with Crippen LogP contribution in [0.3, 0.4) is 0 Å². The van der Waals surface area contributed by atoms with Crippen LogP contribution in [0.4, 0.5) is 5.69 Å². The fourth-order valence-corrected chi connectivity index (χ4v) is 2.94. The van der Waals surface area contributed by atoms with Gasteiger partial charge in [0.25, 0.3) is 0 Å². The molecule has 2 atom stereocenters. The number of carbonyl (C=O) groups is 1. The lowest BCUT2D eigenvalue weighted by molar-refractivity contribution is -0.127. The van der Waals surface area contributed by atoms with Crippen LogP contribution in [-0.4, -0.2) is 69.7 Å². The van der Waals surface area contributed by atoms with E-state index >= 15 is 0 Å². The van der Waals surface area contributed by atoms with Gasteiger partial charge in [0.1, 0.15) is 12.3 Å². The van der Waals surface area contributed by atoms with E-state index in [4.69, 9.17) is 4.74 Å². The van der Waals surface area contributed by atoms with Crippen LogP contribution in [0.1, 0.15) is 26.7 Å². The van der Waals surface area contributed by atoms with Crippen LogP contribution in [0.5, 0.6) is 5.75 Å². The summed E-state index contributed by atoms with van der Waals surface area (Å²) in [6.07, 6.45) is 1.99. The van der Waals surface area contributed by atoms with Crippen molar-refractivity contribution < 1.29 is 9.53 Å². The Kier molecular flexibility index (Phi) is 10.4. The third kappa shape index (κ3) is 7.03. The number of methoxy groups -OCH3 is 1. The van der Waals surface area contributed by atoms with Crippen molar-refractivity contribution in [2.45, 2.75) is 38.8 Å². The lowest BCUT2D eigenvalue weighted by Gasteiger charge is -2.23. The van der Waals surface area contributed by atoms with Gasteiger partial charge in [-0.15, -0.1) is 24.0 Å². The van der Waals surface area contributed by atoms with E-state index in [-0.39, 0.29) is 48.5 Å². The van der Waals surface area contributed by atoms with Crippen molar-refractivity contribution >= 4 is 41.5 Å². The fourth-order valence-electron chi connectivity index (χ4n) is 2.94. The summed E-state index contributed by atoms with van der Waals surface area (Å²) in [4.78, 5) is 20.3. The number of rotatable bonds is 7. The molecule has 0 spiro atoms. The molecule has 1 heterocycles. The first kappa shape index (κ1) is 24.3. The Morgan fingerprint density at radius 2 is 2.11 bits per heavy atom. The molecule has 28 heavy (non-hydrogen) atoms. The monoisotopic (exact) mass is 503 g/mol. The molecule has 0 aromatic heterocycles. The van der Waals surface area contributed by atoms with Crippen molar-refractivity contribution in [1.29, 1.82) is 0 Å². The summed E-state index contributed by atoms with van der Waals surface area (Å²) in [6.45, 7) is 6.19. The van der Waals surface area contributed by atoms with Gasteiger partial charge in [0.05, 0.1) is 12.8 Å². The molecule has 1 aromatic carbocycles. The molecule has 1 fully saturated rings. The number of ether oxygens (including phenoxy) is 1. The number of aliphatic imine (C=N–C) groups is 1. The van der Waals surface area contributed by atoms with Gasteiger partial charge in [0, 0.05) is 39.3 Å². The van der Waals surface area contributed by atoms with E-state index in [2.05, 4.69) is 40.4 Å². The molecule has 7 nitrogen and oxygen atoms in total. The van der Waals surface area contributed by atoms with Gasteiger partial charge < -0.3 is 25.2 Å². The van der Waals surface area contributed by atoms with Gasteiger partial charge in [0.15, 0.2) is 5.96 Å². The van der Waals surface area contributed by atoms with Gasteiger partial charge in [-0.25, -0.2) is 4.99 Å². The van der Waals surface area contributed by atoms with Gasteiger partial charge in [0.2, 0.25) is 5.91 Å². The second kappa shape index (κ2) is 12.0. The number of halogens is 1. The first-order chi connectivity index (χ1) is 12.9. The number of nitrogens with one attached hydrogen (secondary N) is 2. The van der Waals surface area contributed by atoms with E-state index in [0.717, 1.165) is 37.4 Å². The molecule has 1 amide bonds. The van der Waals surface area contributed by atoms with Gasteiger partial charge in [-0.05, 0) is 31.9 Å². The van der Waals surface area contributed by atoms with E-state index in [1.807, 2.05) is 18.2 Å². The number of nitrogens with zero attached hydrogens (tertiary/aromatic N) is 3. The van der Waals surface area contributed by atoms with Crippen LogP contribution in [0.25, 0.3) is 0 Å². The number of hydrogen-bond acceptors (Lipinski definition) is 4. The number of likely N-dealkylation sites (N-methyl/N-ethyl adjacent to an activating group) is 1. The normalized spacial score (nSPS) is 17.5. The third-order valence-electron chi connectivity index (χ3n) is 4.82. The van der Waals surface area contributed by atoms with Crippen molar-refractivity contribution in [3.05, 3.63) is 24.3 Å². The number of para-hydroxylation sites is 2. The van der Waals surface area contributed by atoms with Crippen LogP contribution < -0.4 is 20.3 Å². The maximum atomic E-state index is 11.9. The van der Waals surface area contributed by atoms with E-state index in [0.29, 0.717) is 5.96 Å². The Bertz CT molecular complexity index is 653. The number of carbonyl (C=O) groups excluding carboxylic acids is 1. The maximum absolute atomic E-state index is 11.9. The van der Waals surface area contributed by atoms with Gasteiger partial charge >= 0.3 is 0 Å². The molecule has 1 saturated heterocycles. The highest BCUT2D eigenvalue weighted by Gasteiger charge is 2.25. The molecule has 0 bridgehead atoms. The second-order valence-corrected chi connectivity index (χ2v) is 7.15. The predicted octanol–water partition coefficient (Wildman–Crippen LogP) is 2.31. The standard InChI is InChI=1S/C20H33N5O2.HI/c1-6-15(2)22-20(21-13-19(26)24(3)4)23-16-11-12-25(14-16)17-9-7-8-10-18(17)27-5;/h7-10,15-16H,6,11-14H2,1-5H3,(H2,21,22,23);1H. The van der Waals surface area contributed by atoms with E-state index in [1.54, 1.807) is 26.1 Å². The highest BCUT2D eigenvalue weighted by molar-refractivity contribution is 14.0. The minimum Gasteiger partial charge on any atom is -0.495 e. The van der Waals surface area contributed by atoms with Crippen molar-refractivity contribution in [3.8, 4) is 5.75 Å². The quantitative estimate of drug-likeness (QED) is 0.340. The summed E-state index contributed by atoms with van der Waals surface area (Å²) in [5, 5.41) is 6.89. The molecule has 1 aromatic rings. The molecule has 2 N–H and O–H groups in total. The minimum atomic E-state index is -0.0117.